The summed E-state index contributed by atoms with van der Waals surface area (Å²) >= 11 is 1.30. The zero-order valence-corrected chi connectivity index (χ0v) is 23.4. The SMILES string of the molecule is CCCOc1ccc(-c2nn(-c3ccccc3)cc2/C=c2\sc3nc(/C=C/c4ccc(OC)cc4)nn3c2=O)cc1. The summed E-state index contributed by atoms with van der Waals surface area (Å²) in [7, 11) is 1.63. The molecule has 0 radical (unpaired) electrons. The summed E-state index contributed by atoms with van der Waals surface area (Å²) in [5.41, 5.74) is 4.19. The molecule has 0 saturated heterocycles. The molecule has 41 heavy (non-hydrogen) atoms. The van der Waals surface area contributed by atoms with Gasteiger partial charge in [0, 0.05) is 17.3 Å². The second kappa shape index (κ2) is 11.6. The van der Waals surface area contributed by atoms with Gasteiger partial charge in [-0.05, 0) is 72.7 Å². The van der Waals surface area contributed by atoms with E-state index in [1.165, 1.54) is 15.9 Å². The second-order valence-electron chi connectivity index (χ2n) is 9.27. The van der Waals surface area contributed by atoms with Gasteiger partial charge in [0.25, 0.3) is 5.56 Å². The van der Waals surface area contributed by atoms with Crippen LogP contribution < -0.4 is 19.6 Å². The molecule has 8 nitrogen and oxygen atoms in total. The van der Waals surface area contributed by atoms with E-state index in [0.29, 0.717) is 21.9 Å². The van der Waals surface area contributed by atoms with E-state index in [9.17, 15) is 4.79 Å². The molecule has 3 aromatic heterocycles. The highest BCUT2D eigenvalue weighted by Gasteiger charge is 2.14. The molecule has 6 aromatic rings. The van der Waals surface area contributed by atoms with Crippen molar-refractivity contribution in [2.75, 3.05) is 13.7 Å². The van der Waals surface area contributed by atoms with E-state index in [4.69, 9.17) is 14.6 Å². The average molecular weight is 562 g/mol. The number of hydrogen-bond acceptors (Lipinski definition) is 7. The quantitative estimate of drug-likeness (QED) is 0.231. The molecule has 0 unspecified atom stereocenters. The summed E-state index contributed by atoms with van der Waals surface area (Å²) in [4.78, 5) is 18.4. The fourth-order valence-electron chi connectivity index (χ4n) is 4.31. The third kappa shape index (κ3) is 5.66. The third-order valence-corrected chi connectivity index (χ3v) is 7.35. The van der Waals surface area contributed by atoms with Crippen LogP contribution in [-0.2, 0) is 0 Å². The Hall–Kier alpha value is -5.02. The number of nitrogens with zero attached hydrogens (tertiary/aromatic N) is 5. The van der Waals surface area contributed by atoms with Crippen molar-refractivity contribution in [2.45, 2.75) is 13.3 Å². The van der Waals surface area contributed by atoms with Crippen LogP contribution in [0.4, 0.5) is 0 Å². The molecule has 3 heterocycles. The van der Waals surface area contributed by atoms with Gasteiger partial charge in [-0.15, -0.1) is 5.10 Å². The van der Waals surface area contributed by atoms with Gasteiger partial charge in [0.05, 0.1) is 23.9 Å². The maximum atomic E-state index is 13.3. The van der Waals surface area contributed by atoms with Gasteiger partial charge in [-0.25, -0.2) is 4.68 Å². The molecule has 0 fully saturated rings. The molecule has 0 aliphatic heterocycles. The Morgan fingerprint density at radius 1 is 0.902 bits per heavy atom. The van der Waals surface area contributed by atoms with Crippen LogP contribution in [0, 0.1) is 0 Å². The van der Waals surface area contributed by atoms with Crippen molar-refractivity contribution >= 4 is 34.5 Å². The lowest BCUT2D eigenvalue weighted by molar-refractivity contribution is 0.317. The van der Waals surface area contributed by atoms with E-state index >= 15 is 0 Å². The van der Waals surface area contributed by atoms with Crippen molar-refractivity contribution in [1.82, 2.24) is 24.4 Å². The van der Waals surface area contributed by atoms with Crippen molar-refractivity contribution in [2.24, 2.45) is 0 Å². The Kier molecular flexibility index (Phi) is 7.42. The first kappa shape index (κ1) is 26.2. The summed E-state index contributed by atoms with van der Waals surface area (Å²) < 4.78 is 14.7. The monoisotopic (exact) mass is 561 g/mol. The topological polar surface area (TPSA) is 83.5 Å². The normalized spacial score (nSPS) is 12.0. The van der Waals surface area contributed by atoms with Crippen LogP contribution in [0.1, 0.15) is 30.3 Å². The Balaban J connectivity index is 1.35. The van der Waals surface area contributed by atoms with Gasteiger partial charge in [-0.3, -0.25) is 4.79 Å². The smallest absolute Gasteiger partial charge is 0.291 e. The molecule has 204 valence electrons. The van der Waals surface area contributed by atoms with Crippen LogP contribution in [-0.4, -0.2) is 38.1 Å². The zero-order valence-electron chi connectivity index (χ0n) is 22.6. The Morgan fingerprint density at radius 3 is 2.37 bits per heavy atom. The maximum Gasteiger partial charge on any atom is 0.291 e. The van der Waals surface area contributed by atoms with Crippen molar-refractivity contribution < 1.29 is 9.47 Å². The van der Waals surface area contributed by atoms with Gasteiger partial charge >= 0.3 is 0 Å². The van der Waals surface area contributed by atoms with Crippen molar-refractivity contribution in [1.29, 1.82) is 0 Å². The lowest BCUT2D eigenvalue weighted by Crippen LogP contribution is -2.23. The number of fused-ring (bicyclic) bond motifs is 1. The first-order valence-electron chi connectivity index (χ1n) is 13.2. The molecule has 0 aliphatic rings. The van der Waals surface area contributed by atoms with E-state index in [1.807, 2.05) is 102 Å². The number of ether oxygens (including phenoxy) is 2. The van der Waals surface area contributed by atoms with Gasteiger partial charge in [0.2, 0.25) is 4.96 Å². The first-order chi connectivity index (χ1) is 20.1. The van der Waals surface area contributed by atoms with Gasteiger partial charge in [-0.2, -0.15) is 14.6 Å². The molecule has 0 spiro atoms. The van der Waals surface area contributed by atoms with E-state index in [-0.39, 0.29) is 5.56 Å². The predicted molar refractivity (Wildman–Crippen MR) is 163 cm³/mol. The van der Waals surface area contributed by atoms with E-state index in [2.05, 4.69) is 17.0 Å². The molecular formula is C32H27N5O3S. The lowest BCUT2D eigenvalue weighted by atomic mass is 10.1. The average Bonchev–Trinajstić information content (AvgIpc) is 3.70. The van der Waals surface area contributed by atoms with Crippen LogP contribution in [0.3, 0.4) is 0 Å². The second-order valence-corrected chi connectivity index (χ2v) is 10.3. The van der Waals surface area contributed by atoms with Crippen molar-refractivity contribution in [3.8, 4) is 28.4 Å². The van der Waals surface area contributed by atoms with Gasteiger partial charge in [0.1, 0.15) is 17.2 Å². The Morgan fingerprint density at radius 2 is 1.66 bits per heavy atom. The highest BCUT2D eigenvalue weighted by molar-refractivity contribution is 7.15. The lowest BCUT2D eigenvalue weighted by Gasteiger charge is -2.05. The van der Waals surface area contributed by atoms with E-state index in [0.717, 1.165) is 46.0 Å². The molecule has 6 rings (SSSR count). The van der Waals surface area contributed by atoms with Crippen LogP contribution in [0.2, 0.25) is 0 Å². The van der Waals surface area contributed by atoms with E-state index in [1.54, 1.807) is 13.2 Å². The Bertz CT molecular complexity index is 1920. The largest absolute Gasteiger partial charge is 0.497 e. The third-order valence-electron chi connectivity index (χ3n) is 6.39. The van der Waals surface area contributed by atoms with Crippen molar-refractivity contribution in [3.63, 3.8) is 0 Å². The minimum absolute atomic E-state index is 0.219. The Labute approximate surface area is 240 Å². The number of para-hydroxylation sites is 1. The first-order valence-corrected chi connectivity index (χ1v) is 14.0. The molecule has 0 bridgehead atoms. The zero-order chi connectivity index (χ0) is 28.2. The number of methoxy groups -OCH3 is 1. The highest BCUT2D eigenvalue weighted by atomic mass is 32.1. The summed E-state index contributed by atoms with van der Waals surface area (Å²) in [6, 6.07) is 25.4. The summed E-state index contributed by atoms with van der Waals surface area (Å²) in [5, 5.41) is 9.31. The highest BCUT2D eigenvalue weighted by Crippen LogP contribution is 2.26. The number of thiazole rings is 1. The molecule has 0 atom stereocenters. The fraction of sp³-hybridized carbons (Fsp3) is 0.125. The van der Waals surface area contributed by atoms with Crippen LogP contribution in [0.15, 0.2) is 89.9 Å². The standard InChI is InChI=1S/C32H27N5O3S/c1-3-19-40-27-16-12-23(13-17-27)30-24(21-36(35-30)25-7-5-4-6-8-25)20-28-31(38)37-32(41-28)33-29(34-37)18-11-22-9-14-26(39-2)15-10-22/h4-18,20-21H,3,19H2,1-2H3/b18-11+,28-20-. The summed E-state index contributed by atoms with van der Waals surface area (Å²) in [6.07, 6.45) is 8.43. The molecular weight excluding hydrogens is 534 g/mol. The van der Waals surface area contributed by atoms with Gasteiger partial charge < -0.3 is 9.47 Å². The van der Waals surface area contributed by atoms with Crippen LogP contribution in [0.5, 0.6) is 11.5 Å². The minimum Gasteiger partial charge on any atom is -0.497 e. The van der Waals surface area contributed by atoms with Gasteiger partial charge in [0.15, 0.2) is 5.82 Å². The fourth-order valence-corrected chi connectivity index (χ4v) is 5.21. The predicted octanol–water partition coefficient (Wildman–Crippen LogP) is 5.52. The van der Waals surface area contributed by atoms with Crippen molar-refractivity contribution in [3.05, 3.63) is 117 Å². The molecule has 0 aliphatic carbocycles. The summed E-state index contributed by atoms with van der Waals surface area (Å²) in [6.45, 7) is 2.74. The minimum atomic E-state index is -0.219. The number of benzene rings is 3. The molecule has 3 aromatic carbocycles. The van der Waals surface area contributed by atoms with E-state index < -0.39 is 0 Å². The molecule has 0 N–H and O–H groups in total. The number of aromatic nitrogens is 5. The molecule has 0 saturated carbocycles. The number of hydrogen-bond donors (Lipinski definition) is 0. The van der Waals surface area contributed by atoms with Gasteiger partial charge in [-0.1, -0.05) is 54.7 Å². The van der Waals surface area contributed by atoms with Crippen LogP contribution >= 0.6 is 11.3 Å². The maximum absolute atomic E-state index is 13.3. The summed E-state index contributed by atoms with van der Waals surface area (Å²) in [5.74, 6) is 2.07. The molecule has 9 heteroatoms. The van der Waals surface area contributed by atoms with Crippen LogP contribution in [0.25, 0.3) is 40.1 Å². The molecule has 0 amide bonds. The number of rotatable bonds is 9.